The van der Waals surface area contributed by atoms with E-state index in [4.69, 9.17) is 17.2 Å². The number of nitrogens with zero attached hydrogens (tertiary/aromatic N) is 1. The number of benzene rings is 2. The molecule has 0 saturated heterocycles. The van der Waals surface area contributed by atoms with Crippen molar-refractivity contribution in [3.05, 3.63) is 46.5 Å². The summed E-state index contributed by atoms with van der Waals surface area (Å²) in [4.78, 5) is 10.5. The van der Waals surface area contributed by atoms with Crippen molar-refractivity contribution in [1.29, 1.82) is 0 Å². The molecule has 0 aliphatic carbocycles. The second-order valence-corrected chi connectivity index (χ2v) is 3.84. The van der Waals surface area contributed by atoms with Gasteiger partial charge in [-0.2, -0.15) is 0 Å². The van der Waals surface area contributed by atoms with Gasteiger partial charge in [0.25, 0.3) is 5.69 Å². The molecule has 0 unspecified atom stereocenters. The third-order valence-corrected chi connectivity index (χ3v) is 2.66. The molecule has 0 aliphatic rings. The first-order valence-corrected chi connectivity index (χ1v) is 5.19. The fourth-order valence-electron chi connectivity index (χ4n) is 1.73. The van der Waals surface area contributed by atoms with Crippen LogP contribution >= 0.6 is 0 Å². The number of nitrogens with two attached hydrogens (primary N) is 3. The predicted octanol–water partition coefficient (Wildman–Crippen LogP) is 2.01. The summed E-state index contributed by atoms with van der Waals surface area (Å²) in [6.45, 7) is 0. The van der Waals surface area contributed by atoms with Crippen molar-refractivity contribution in [2.45, 2.75) is 0 Å². The summed E-state index contributed by atoms with van der Waals surface area (Å²) in [6, 6.07) is 9.54. The first-order valence-electron chi connectivity index (χ1n) is 5.19. The van der Waals surface area contributed by atoms with Crippen LogP contribution in [0.5, 0.6) is 0 Å². The molecule has 6 nitrogen and oxygen atoms in total. The third-order valence-electron chi connectivity index (χ3n) is 2.66. The molecule has 0 heterocycles. The van der Waals surface area contributed by atoms with Gasteiger partial charge in [0.2, 0.25) is 0 Å². The van der Waals surface area contributed by atoms with Crippen LogP contribution in [0.15, 0.2) is 36.4 Å². The predicted molar refractivity (Wildman–Crippen MR) is 71.8 cm³/mol. The maximum absolute atomic E-state index is 11.0. The van der Waals surface area contributed by atoms with Gasteiger partial charge in [-0.1, -0.05) is 12.1 Å². The molecule has 18 heavy (non-hydrogen) atoms. The van der Waals surface area contributed by atoms with Crippen LogP contribution in [0.4, 0.5) is 22.7 Å². The molecule has 92 valence electrons. The second kappa shape index (κ2) is 4.25. The Bertz CT molecular complexity index is 602. The Morgan fingerprint density at radius 1 is 1.00 bits per heavy atom. The molecular weight excluding hydrogens is 232 g/mol. The number of anilines is 3. The van der Waals surface area contributed by atoms with Crippen molar-refractivity contribution >= 4 is 22.7 Å². The average Bonchev–Trinajstić information content (AvgIpc) is 2.35. The first kappa shape index (κ1) is 11.7. The molecular formula is C12H12N4O2. The van der Waals surface area contributed by atoms with Gasteiger partial charge in [0, 0.05) is 6.07 Å². The van der Waals surface area contributed by atoms with Crippen molar-refractivity contribution < 1.29 is 4.92 Å². The highest BCUT2D eigenvalue weighted by molar-refractivity contribution is 5.86. The van der Waals surface area contributed by atoms with Gasteiger partial charge in [0.15, 0.2) is 0 Å². The summed E-state index contributed by atoms with van der Waals surface area (Å²) in [5.41, 5.74) is 19.0. The monoisotopic (exact) mass is 244 g/mol. The van der Waals surface area contributed by atoms with E-state index in [0.717, 1.165) is 0 Å². The smallest absolute Gasteiger partial charge is 0.277 e. The molecule has 0 aromatic heterocycles. The Labute approximate surface area is 103 Å². The lowest BCUT2D eigenvalue weighted by Gasteiger charge is -2.08. The van der Waals surface area contributed by atoms with Crippen molar-refractivity contribution in [3.8, 4) is 11.1 Å². The molecule has 2 aromatic carbocycles. The van der Waals surface area contributed by atoms with E-state index in [-0.39, 0.29) is 11.4 Å². The zero-order valence-electron chi connectivity index (χ0n) is 9.46. The van der Waals surface area contributed by atoms with Crippen LogP contribution in [0.3, 0.4) is 0 Å². The largest absolute Gasteiger partial charge is 0.397 e. The summed E-state index contributed by atoms with van der Waals surface area (Å²) in [6.07, 6.45) is 0. The Morgan fingerprint density at radius 2 is 1.56 bits per heavy atom. The molecule has 0 saturated carbocycles. The van der Waals surface area contributed by atoms with Crippen LogP contribution in [0.2, 0.25) is 0 Å². The summed E-state index contributed by atoms with van der Waals surface area (Å²) in [5, 5.41) is 11.0. The number of nitrogen functional groups attached to an aromatic ring is 3. The lowest BCUT2D eigenvalue weighted by molar-refractivity contribution is -0.384. The molecule has 2 aromatic rings. The SMILES string of the molecule is Nc1cc(-c2ccccc2[N+](=O)[O-])cc(N)c1N. The van der Waals surface area contributed by atoms with E-state index < -0.39 is 4.92 Å². The molecule has 0 radical (unpaired) electrons. The van der Waals surface area contributed by atoms with E-state index in [1.54, 1.807) is 30.3 Å². The highest BCUT2D eigenvalue weighted by Crippen LogP contribution is 2.35. The normalized spacial score (nSPS) is 10.2. The average molecular weight is 244 g/mol. The Kier molecular flexibility index (Phi) is 2.77. The van der Waals surface area contributed by atoms with Crippen LogP contribution in [0.25, 0.3) is 11.1 Å². The van der Waals surface area contributed by atoms with Gasteiger partial charge in [0.1, 0.15) is 0 Å². The topological polar surface area (TPSA) is 121 Å². The van der Waals surface area contributed by atoms with E-state index in [2.05, 4.69) is 0 Å². The number of hydrogen-bond donors (Lipinski definition) is 3. The zero-order chi connectivity index (χ0) is 13.3. The van der Waals surface area contributed by atoms with Crippen LogP contribution < -0.4 is 17.2 Å². The second-order valence-electron chi connectivity index (χ2n) is 3.84. The van der Waals surface area contributed by atoms with E-state index in [1.165, 1.54) is 6.07 Å². The van der Waals surface area contributed by atoms with Crippen LogP contribution in [0, 0.1) is 10.1 Å². The molecule has 0 spiro atoms. The number of rotatable bonds is 2. The van der Waals surface area contributed by atoms with Crippen molar-refractivity contribution in [2.75, 3.05) is 17.2 Å². The lowest BCUT2D eigenvalue weighted by Crippen LogP contribution is -2.01. The van der Waals surface area contributed by atoms with E-state index in [1.807, 2.05) is 0 Å². The fourth-order valence-corrected chi connectivity index (χ4v) is 1.73. The lowest BCUT2D eigenvalue weighted by atomic mass is 10.0. The van der Waals surface area contributed by atoms with Crippen molar-refractivity contribution in [1.82, 2.24) is 0 Å². The molecule has 0 amide bonds. The number of para-hydroxylation sites is 1. The van der Waals surface area contributed by atoms with Crippen molar-refractivity contribution in [2.24, 2.45) is 0 Å². The maximum Gasteiger partial charge on any atom is 0.277 e. The van der Waals surface area contributed by atoms with Gasteiger partial charge in [-0.25, -0.2) is 0 Å². The van der Waals surface area contributed by atoms with Gasteiger partial charge in [-0.05, 0) is 23.8 Å². The molecule has 0 atom stereocenters. The van der Waals surface area contributed by atoms with E-state index in [9.17, 15) is 10.1 Å². The van der Waals surface area contributed by atoms with Gasteiger partial charge in [-0.3, -0.25) is 10.1 Å². The van der Waals surface area contributed by atoms with Gasteiger partial charge < -0.3 is 17.2 Å². The first-order chi connectivity index (χ1) is 8.50. The Balaban J connectivity index is 2.66. The van der Waals surface area contributed by atoms with Gasteiger partial charge in [0.05, 0.1) is 27.5 Å². The molecule has 0 fully saturated rings. The Hall–Kier alpha value is -2.76. The quantitative estimate of drug-likeness (QED) is 0.423. The fraction of sp³-hybridized carbons (Fsp3) is 0. The Morgan fingerprint density at radius 3 is 2.11 bits per heavy atom. The standard InChI is InChI=1S/C12H12N4O2/c13-9-5-7(6-10(14)12(9)15)8-3-1-2-4-11(8)16(17)18/h1-6H,13-15H2. The third kappa shape index (κ3) is 1.91. The summed E-state index contributed by atoms with van der Waals surface area (Å²) >= 11 is 0. The molecule has 0 bridgehead atoms. The van der Waals surface area contributed by atoms with Gasteiger partial charge in [-0.15, -0.1) is 0 Å². The molecule has 6 heteroatoms. The highest BCUT2D eigenvalue weighted by atomic mass is 16.6. The minimum absolute atomic E-state index is 0.000992. The molecule has 2 rings (SSSR count). The molecule has 0 aliphatic heterocycles. The summed E-state index contributed by atoms with van der Waals surface area (Å²) in [5.74, 6) is 0. The summed E-state index contributed by atoms with van der Waals surface area (Å²) in [7, 11) is 0. The zero-order valence-corrected chi connectivity index (χ0v) is 9.46. The summed E-state index contributed by atoms with van der Waals surface area (Å²) < 4.78 is 0. The van der Waals surface area contributed by atoms with Crippen LogP contribution in [-0.4, -0.2) is 4.92 Å². The molecule has 6 N–H and O–H groups in total. The van der Waals surface area contributed by atoms with E-state index >= 15 is 0 Å². The van der Waals surface area contributed by atoms with E-state index in [0.29, 0.717) is 22.5 Å². The number of nitro groups is 1. The number of hydrogen-bond acceptors (Lipinski definition) is 5. The minimum atomic E-state index is -0.446. The van der Waals surface area contributed by atoms with Crippen LogP contribution in [0.1, 0.15) is 0 Å². The maximum atomic E-state index is 11.0. The van der Waals surface area contributed by atoms with Crippen molar-refractivity contribution in [3.63, 3.8) is 0 Å². The van der Waals surface area contributed by atoms with Crippen LogP contribution in [-0.2, 0) is 0 Å². The minimum Gasteiger partial charge on any atom is -0.397 e. The number of nitro benzene ring substituents is 1. The van der Waals surface area contributed by atoms with Gasteiger partial charge >= 0.3 is 0 Å². The highest BCUT2D eigenvalue weighted by Gasteiger charge is 2.15.